The number of halogens is 1. The molecular formula is C15H19BrN2. The second-order valence-electron chi connectivity index (χ2n) is 5.45. The van der Waals surface area contributed by atoms with Gasteiger partial charge in [0.25, 0.3) is 0 Å². The lowest BCUT2D eigenvalue weighted by molar-refractivity contribution is 0.276. The fourth-order valence-corrected chi connectivity index (χ4v) is 3.26. The van der Waals surface area contributed by atoms with E-state index in [2.05, 4.69) is 41.2 Å². The van der Waals surface area contributed by atoms with E-state index in [0.29, 0.717) is 17.5 Å². The Kier molecular flexibility index (Phi) is 4.29. The van der Waals surface area contributed by atoms with Crippen LogP contribution in [-0.4, -0.2) is 6.04 Å². The summed E-state index contributed by atoms with van der Waals surface area (Å²) in [7, 11) is 0. The van der Waals surface area contributed by atoms with Crippen molar-refractivity contribution in [3.05, 3.63) is 28.2 Å². The zero-order chi connectivity index (χ0) is 13.1. The van der Waals surface area contributed by atoms with Crippen LogP contribution >= 0.6 is 15.9 Å². The highest BCUT2D eigenvalue weighted by molar-refractivity contribution is 9.10. The highest BCUT2D eigenvalue weighted by atomic mass is 79.9. The summed E-state index contributed by atoms with van der Waals surface area (Å²) in [5.41, 5.74) is 1.79. The minimum absolute atomic E-state index is 0.557. The maximum absolute atomic E-state index is 8.90. The molecule has 1 fully saturated rings. The Labute approximate surface area is 118 Å². The molecule has 18 heavy (non-hydrogen) atoms. The van der Waals surface area contributed by atoms with Gasteiger partial charge in [-0.3, -0.25) is 0 Å². The maximum atomic E-state index is 8.90. The molecule has 1 N–H and O–H groups in total. The van der Waals surface area contributed by atoms with Gasteiger partial charge in [-0.05, 0) is 65.2 Å². The van der Waals surface area contributed by atoms with Gasteiger partial charge in [0.1, 0.15) is 6.07 Å². The van der Waals surface area contributed by atoms with Crippen LogP contribution < -0.4 is 5.32 Å². The Morgan fingerprint density at radius 2 is 2.11 bits per heavy atom. The maximum Gasteiger partial charge on any atom is 0.100 e. The number of benzene rings is 1. The van der Waals surface area contributed by atoms with E-state index in [-0.39, 0.29) is 0 Å². The van der Waals surface area contributed by atoms with Gasteiger partial charge in [-0.2, -0.15) is 5.26 Å². The SMILES string of the molecule is CC1CCC(Nc2ccc(C#N)c(Br)c2)C(C)C1. The molecule has 0 radical (unpaired) electrons. The lowest BCUT2D eigenvalue weighted by Crippen LogP contribution is -2.32. The Morgan fingerprint density at radius 1 is 1.33 bits per heavy atom. The molecule has 1 aliphatic rings. The normalized spacial score (nSPS) is 27.6. The molecule has 1 saturated carbocycles. The number of nitrogens with zero attached hydrogens (tertiary/aromatic N) is 1. The van der Waals surface area contributed by atoms with Crippen LogP contribution in [-0.2, 0) is 0 Å². The largest absolute Gasteiger partial charge is 0.382 e. The van der Waals surface area contributed by atoms with Crippen LogP contribution in [0.25, 0.3) is 0 Å². The molecule has 1 aromatic rings. The van der Waals surface area contributed by atoms with Crippen LogP contribution in [0.4, 0.5) is 5.69 Å². The second-order valence-corrected chi connectivity index (χ2v) is 6.31. The molecule has 3 unspecified atom stereocenters. The van der Waals surface area contributed by atoms with Crippen molar-refractivity contribution in [2.75, 3.05) is 5.32 Å². The van der Waals surface area contributed by atoms with Gasteiger partial charge < -0.3 is 5.32 Å². The van der Waals surface area contributed by atoms with E-state index in [0.717, 1.165) is 16.1 Å². The number of anilines is 1. The monoisotopic (exact) mass is 306 g/mol. The third-order valence-electron chi connectivity index (χ3n) is 3.87. The van der Waals surface area contributed by atoms with Crippen molar-refractivity contribution in [2.45, 2.75) is 39.2 Å². The Balaban J connectivity index is 2.06. The predicted molar refractivity (Wildman–Crippen MR) is 78.4 cm³/mol. The van der Waals surface area contributed by atoms with Gasteiger partial charge in [-0.25, -0.2) is 0 Å². The van der Waals surface area contributed by atoms with E-state index in [1.807, 2.05) is 18.2 Å². The zero-order valence-electron chi connectivity index (χ0n) is 10.9. The topological polar surface area (TPSA) is 35.8 Å². The summed E-state index contributed by atoms with van der Waals surface area (Å²) in [5, 5.41) is 12.5. The molecule has 0 aromatic heterocycles. The van der Waals surface area contributed by atoms with Crippen molar-refractivity contribution in [3.63, 3.8) is 0 Å². The van der Waals surface area contributed by atoms with Crippen LogP contribution in [0.2, 0.25) is 0 Å². The molecule has 2 rings (SSSR count). The summed E-state index contributed by atoms with van der Waals surface area (Å²) in [4.78, 5) is 0. The molecule has 0 saturated heterocycles. The zero-order valence-corrected chi connectivity index (χ0v) is 12.5. The van der Waals surface area contributed by atoms with Crippen molar-refractivity contribution >= 4 is 21.6 Å². The molecule has 96 valence electrons. The van der Waals surface area contributed by atoms with Crippen LogP contribution in [0, 0.1) is 23.2 Å². The molecule has 1 aromatic carbocycles. The number of hydrogen-bond acceptors (Lipinski definition) is 2. The van der Waals surface area contributed by atoms with E-state index in [1.54, 1.807) is 0 Å². The first-order valence-electron chi connectivity index (χ1n) is 6.56. The third-order valence-corrected chi connectivity index (χ3v) is 4.53. The second kappa shape index (κ2) is 5.75. The van der Waals surface area contributed by atoms with E-state index in [9.17, 15) is 0 Å². The molecule has 0 bridgehead atoms. The molecule has 1 aliphatic carbocycles. The van der Waals surface area contributed by atoms with Crippen molar-refractivity contribution in [3.8, 4) is 6.07 Å². The van der Waals surface area contributed by atoms with Crippen LogP contribution in [0.1, 0.15) is 38.7 Å². The lowest BCUT2D eigenvalue weighted by Gasteiger charge is -2.33. The van der Waals surface area contributed by atoms with Gasteiger partial charge in [-0.1, -0.05) is 13.8 Å². The fourth-order valence-electron chi connectivity index (χ4n) is 2.79. The average Bonchev–Trinajstić information content (AvgIpc) is 2.33. The highest BCUT2D eigenvalue weighted by Gasteiger charge is 2.25. The molecule has 3 heteroatoms. The summed E-state index contributed by atoms with van der Waals surface area (Å²) in [5.74, 6) is 1.56. The molecule has 0 aliphatic heterocycles. The summed E-state index contributed by atoms with van der Waals surface area (Å²) in [6.07, 6.45) is 3.84. The third kappa shape index (κ3) is 3.05. The van der Waals surface area contributed by atoms with Gasteiger partial charge in [-0.15, -0.1) is 0 Å². The van der Waals surface area contributed by atoms with E-state index in [4.69, 9.17) is 5.26 Å². The van der Waals surface area contributed by atoms with Gasteiger partial charge in [0.05, 0.1) is 5.56 Å². The van der Waals surface area contributed by atoms with E-state index < -0.39 is 0 Å². The Bertz CT molecular complexity index is 464. The van der Waals surface area contributed by atoms with Crippen LogP contribution in [0.5, 0.6) is 0 Å². The first kappa shape index (κ1) is 13.4. The number of rotatable bonds is 2. The minimum atomic E-state index is 0.557. The van der Waals surface area contributed by atoms with Crippen molar-refractivity contribution in [1.29, 1.82) is 5.26 Å². The quantitative estimate of drug-likeness (QED) is 0.869. The predicted octanol–water partition coefficient (Wildman–Crippen LogP) is 4.56. The lowest BCUT2D eigenvalue weighted by atomic mass is 9.80. The fraction of sp³-hybridized carbons (Fsp3) is 0.533. The summed E-state index contributed by atoms with van der Waals surface area (Å²) < 4.78 is 0.867. The molecule has 0 heterocycles. The highest BCUT2D eigenvalue weighted by Crippen LogP contribution is 2.31. The van der Waals surface area contributed by atoms with Crippen molar-refractivity contribution < 1.29 is 0 Å². The van der Waals surface area contributed by atoms with Gasteiger partial charge in [0.2, 0.25) is 0 Å². The minimum Gasteiger partial charge on any atom is -0.382 e. The number of nitriles is 1. The van der Waals surface area contributed by atoms with Gasteiger partial charge >= 0.3 is 0 Å². The van der Waals surface area contributed by atoms with Crippen molar-refractivity contribution in [1.82, 2.24) is 0 Å². The number of hydrogen-bond donors (Lipinski definition) is 1. The van der Waals surface area contributed by atoms with Crippen molar-refractivity contribution in [2.24, 2.45) is 11.8 Å². The summed E-state index contributed by atoms with van der Waals surface area (Å²) in [6, 6.07) is 8.58. The Morgan fingerprint density at radius 3 is 2.72 bits per heavy atom. The van der Waals surface area contributed by atoms with E-state index >= 15 is 0 Å². The number of nitrogens with one attached hydrogen (secondary N) is 1. The molecule has 3 atom stereocenters. The van der Waals surface area contributed by atoms with Crippen LogP contribution in [0.15, 0.2) is 22.7 Å². The van der Waals surface area contributed by atoms with Gasteiger partial charge in [0.15, 0.2) is 0 Å². The standard InChI is InChI=1S/C15H19BrN2/c1-10-3-6-15(11(2)7-10)18-13-5-4-12(9-17)14(16)8-13/h4-5,8,10-11,15,18H,3,6-7H2,1-2H3. The Hall–Kier alpha value is -1.01. The first-order valence-corrected chi connectivity index (χ1v) is 7.35. The van der Waals surface area contributed by atoms with Gasteiger partial charge in [0, 0.05) is 16.2 Å². The summed E-state index contributed by atoms with van der Waals surface area (Å²) >= 11 is 3.43. The molecular weight excluding hydrogens is 288 g/mol. The van der Waals surface area contributed by atoms with Crippen LogP contribution in [0.3, 0.4) is 0 Å². The first-order chi connectivity index (χ1) is 8.60. The molecule has 0 amide bonds. The summed E-state index contributed by atoms with van der Waals surface area (Å²) in [6.45, 7) is 4.66. The molecule has 2 nitrogen and oxygen atoms in total. The van der Waals surface area contributed by atoms with E-state index in [1.165, 1.54) is 19.3 Å². The smallest absolute Gasteiger partial charge is 0.100 e. The molecule has 0 spiro atoms. The average molecular weight is 307 g/mol.